The number of rotatable bonds is 4. The third-order valence-electron chi connectivity index (χ3n) is 6.31. The SMILES string of the molecule is COc1cccc(C2CC(O)CC(c3cccc(OC)c3)C23C(=O)NC(=S)NC3=O)c1. The first-order valence-electron chi connectivity index (χ1n) is 10.0. The van der Waals surface area contributed by atoms with Gasteiger partial charge in [0.15, 0.2) is 5.11 Å². The van der Waals surface area contributed by atoms with Crippen LogP contribution >= 0.6 is 12.2 Å². The van der Waals surface area contributed by atoms with E-state index in [0.717, 1.165) is 11.1 Å². The summed E-state index contributed by atoms with van der Waals surface area (Å²) >= 11 is 5.07. The molecule has 2 fully saturated rings. The Balaban J connectivity index is 1.94. The van der Waals surface area contributed by atoms with E-state index in [2.05, 4.69) is 10.6 Å². The molecule has 8 heteroatoms. The Labute approximate surface area is 185 Å². The molecule has 7 nitrogen and oxygen atoms in total. The van der Waals surface area contributed by atoms with Crippen LogP contribution in [0.15, 0.2) is 48.5 Å². The van der Waals surface area contributed by atoms with Crippen LogP contribution in [0.4, 0.5) is 0 Å². The molecule has 31 heavy (non-hydrogen) atoms. The lowest BCUT2D eigenvalue weighted by Gasteiger charge is -2.50. The van der Waals surface area contributed by atoms with Crippen molar-refractivity contribution in [1.82, 2.24) is 10.6 Å². The summed E-state index contributed by atoms with van der Waals surface area (Å²) in [6, 6.07) is 14.5. The molecule has 2 unspecified atom stereocenters. The van der Waals surface area contributed by atoms with E-state index in [1.807, 2.05) is 24.3 Å². The molecule has 0 bridgehead atoms. The highest BCUT2D eigenvalue weighted by Gasteiger charge is 2.62. The van der Waals surface area contributed by atoms with E-state index in [1.54, 1.807) is 38.5 Å². The predicted molar refractivity (Wildman–Crippen MR) is 118 cm³/mol. The van der Waals surface area contributed by atoms with E-state index in [4.69, 9.17) is 21.7 Å². The van der Waals surface area contributed by atoms with Gasteiger partial charge in [-0.2, -0.15) is 0 Å². The average molecular weight is 441 g/mol. The summed E-state index contributed by atoms with van der Waals surface area (Å²) in [7, 11) is 3.12. The quantitative estimate of drug-likeness (QED) is 0.499. The number of aliphatic hydroxyl groups is 1. The standard InChI is InChI=1S/C23H24N2O5S/c1-29-16-7-3-5-13(9-16)18-11-15(26)12-19(14-6-4-8-17(10-14)30-2)23(18)20(27)24-22(31)25-21(23)28/h3-10,15,18-19,26H,11-12H2,1-2H3,(H2,24,25,27,28,31). The number of carbonyl (C=O) groups is 2. The lowest BCUT2D eigenvalue weighted by Crippen LogP contribution is -2.67. The molecule has 1 spiro atoms. The molecule has 1 saturated heterocycles. The van der Waals surface area contributed by atoms with E-state index < -0.39 is 35.2 Å². The van der Waals surface area contributed by atoms with Crippen LogP contribution in [0.25, 0.3) is 0 Å². The molecular weight excluding hydrogens is 416 g/mol. The molecule has 1 saturated carbocycles. The first kappa shape index (κ1) is 21.3. The molecule has 2 aliphatic rings. The highest BCUT2D eigenvalue weighted by molar-refractivity contribution is 7.80. The van der Waals surface area contributed by atoms with Gasteiger partial charge < -0.3 is 25.2 Å². The molecule has 1 aliphatic heterocycles. The third-order valence-corrected chi connectivity index (χ3v) is 6.52. The van der Waals surface area contributed by atoms with Crippen LogP contribution in [0.1, 0.15) is 35.8 Å². The van der Waals surface area contributed by atoms with Gasteiger partial charge in [-0.25, -0.2) is 0 Å². The molecular formula is C23H24N2O5S. The van der Waals surface area contributed by atoms with Crippen molar-refractivity contribution in [3.63, 3.8) is 0 Å². The Hall–Kier alpha value is -2.97. The number of carbonyl (C=O) groups excluding carboxylic acids is 2. The van der Waals surface area contributed by atoms with Gasteiger partial charge in [0, 0.05) is 11.8 Å². The zero-order chi connectivity index (χ0) is 22.2. The van der Waals surface area contributed by atoms with Crippen molar-refractivity contribution in [3.8, 4) is 11.5 Å². The van der Waals surface area contributed by atoms with Crippen molar-refractivity contribution in [2.24, 2.45) is 5.41 Å². The molecule has 2 amide bonds. The van der Waals surface area contributed by atoms with Crippen LogP contribution < -0.4 is 20.1 Å². The zero-order valence-electron chi connectivity index (χ0n) is 17.3. The topological polar surface area (TPSA) is 96.9 Å². The highest BCUT2D eigenvalue weighted by atomic mass is 32.1. The number of ether oxygens (including phenoxy) is 2. The maximum absolute atomic E-state index is 13.6. The lowest BCUT2D eigenvalue weighted by molar-refractivity contribution is -0.151. The number of methoxy groups -OCH3 is 2. The van der Waals surface area contributed by atoms with E-state index in [1.165, 1.54) is 0 Å². The maximum atomic E-state index is 13.6. The number of nitrogens with one attached hydrogen (secondary N) is 2. The second-order valence-electron chi connectivity index (χ2n) is 7.89. The van der Waals surface area contributed by atoms with Crippen LogP contribution in [-0.2, 0) is 9.59 Å². The smallest absolute Gasteiger partial charge is 0.243 e. The van der Waals surface area contributed by atoms with Gasteiger partial charge >= 0.3 is 0 Å². The summed E-state index contributed by atoms with van der Waals surface area (Å²) in [5.41, 5.74) is -0.0199. The Morgan fingerprint density at radius 2 is 1.35 bits per heavy atom. The number of benzene rings is 2. The minimum Gasteiger partial charge on any atom is -0.497 e. The second kappa shape index (κ2) is 8.28. The van der Waals surface area contributed by atoms with E-state index in [9.17, 15) is 14.7 Å². The van der Waals surface area contributed by atoms with Gasteiger partial charge in [-0.3, -0.25) is 9.59 Å². The van der Waals surface area contributed by atoms with E-state index in [0.29, 0.717) is 11.5 Å². The van der Waals surface area contributed by atoms with Crippen molar-refractivity contribution in [1.29, 1.82) is 0 Å². The molecule has 0 radical (unpaired) electrons. The predicted octanol–water partition coefficient (Wildman–Crippen LogP) is 2.24. The Bertz CT molecular complexity index is 961. The van der Waals surface area contributed by atoms with Crippen LogP contribution in [0.3, 0.4) is 0 Å². The fraction of sp³-hybridized carbons (Fsp3) is 0.348. The molecule has 3 N–H and O–H groups in total. The largest absolute Gasteiger partial charge is 0.497 e. The Morgan fingerprint density at radius 3 is 1.77 bits per heavy atom. The Kier molecular flexibility index (Phi) is 5.68. The fourth-order valence-electron chi connectivity index (χ4n) is 4.95. The van der Waals surface area contributed by atoms with Crippen LogP contribution in [0.5, 0.6) is 11.5 Å². The molecule has 2 aromatic rings. The van der Waals surface area contributed by atoms with Crippen molar-refractivity contribution < 1.29 is 24.2 Å². The van der Waals surface area contributed by atoms with Gasteiger partial charge in [0.1, 0.15) is 16.9 Å². The second-order valence-corrected chi connectivity index (χ2v) is 8.30. The molecule has 162 valence electrons. The van der Waals surface area contributed by atoms with Crippen molar-refractivity contribution in [2.45, 2.75) is 30.8 Å². The molecule has 1 aliphatic carbocycles. The summed E-state index contributed by atoms with van der Waals surface area (Å²) in [5.74, 6) is -0.894. The normalized spacial score (nSPS) is 25.0. The third kappa shape index (κ3) is 3.55. The van der Waals surface area contributed by atoms with Gasteiger partial charge in [0.2, 0.25) is 11.8 Å². The summed E-state index contributed by atoms with van der Waals surface area (Å²) in [5, 5.41) is 16.1. The molecule has 1 heterocycles. The first-order valence-corrected chi connectivity index (χ1v) is 10.4. The van der Waals surface area contributed by atoms with E-state index >= 15 is 0 Å². The van der Waals surface area contributed by atoms with Crippen molar-refractivity contribution in [3.05, 3.63) is 59.7 Å². The number of thiocarbonyl (C=S) groups is 1. The van der Waals surface area contributed by atoms with Crippen LogP contribution in [0.2, 0.25) is 0 Å². The number of hydrogen-bond acceptors (Lipinski definition) is 6. The summed E-state index contributed by atoms with van der Waals surface area (Å²) in [4.78, 5) is 27.1. The first-order chi connectivity index (χ1) is 14.9. The Morgan fingerprint density at radius 1 is 0.903 bits per heavy atom. The average Bonchev–Trinajstić information content (AvgIpc) is 2.77. The van der Waals surface area contributed by atoms with E-state index in [-0.39, 0.29) is 18.0 Å². The number of hydrogen-bond donors (Lipinski definition) is 3. The van der Waals surface area contributed by atoms with Gasteiger partial charge in [-0.1, -0.05) is 24.3 Å². The number of aliphatic hydroxyl groups excluding tert-OH is 1. The van der Waals surface area contributed by atoms with Gasteiger partial charge in [-0.05, 0) is 60.5 Å². The summed E-state index contributed by atoms with van der Waals surface area (Å²) in [6.45, 7) is 0. The maximum Gasteiger partial charge on any atom is 0.243 e. The molecule has 2 aromatic carbocycles. The van der Waals surface area contributed by atoms with Gasteiger partial charge in [-0.15, -0.1) is 0 Å². The molecule has 2 atom stereocenters. The minimum absolute atomic E-state index is 0.0134. The minimum atomic E-state index is -1.50. The molecule has 0 aromatic heterocycles. The van der Waals surface area contributed by atoms with Crippen molar-refractivity contribution >= 4 is 29.1 Å². The van der Waals surface area contributed by atoms with Crippen molar-refractivity contribution in [2.75, 3.05) is 14.2 Å². The lowest BCUT2D eigenvalue weighted by atomic mass is 9.54. The summed E-state index contributed by atoms with van der Waals surface area (Å²) in [6.07, 6.45) is -0.199. The fourth-order valence-corrected chi connectivity index (χ4v) is 5.14. The zero-order valence-corrected chi connectivity index (χ0v) is 18.1. The van der Waals surface area contributed by atoms with Crippen LogP contribution in [-0.4, -0.2) is 42.4 Å². The van der Waals surface area contributed by atoms with Gasteiger partial charge in [0.25, 0.3) is 0 Å². The summed E-state index contributed by atoms with van der Waals surface area (Å²) < 4.78 is 10.7. The van der Waals surface area contributed by atoms with Crippen LogP contribution in [0, 0.1) is 5.41 Å². The number of amides is 2. The molecule has 4 rings (SSSR count). The van der Waals surface area contributed by atoms with Gasteiger partial charge in [0.05, 0.1) is 20.3 Å². The monoisotopic (exact) mass is 440 g/mol. The highest BCUT2D eigenvalue weighted by Crippen LogP contribution is 2.56.